The molecule has 5 heteroatoms. The molecule has 1 aromatic carbocycles. The van der Waals surface area contributed by atoms with Crippen molar-refractivity contribution in [1.29, 1.82) is 0 Å². The van der Waals surface area contributed by atoms with E-state index in [4.69, 9.17) is 0 Å². The van der Waals surface area contributed by atoms with E-state index in [2.05, 4.69) is 60.2 Å². The van der Waals surface area contributed by atoms with Crippen molar-refractivity contribution in [3.05, 3.63) is 42.4 Å². The van der Waals surface area contributed by atoms with Crippen LogP contribution in [0.4, 0.5) is 5.82 Å². The molecule has 108 valence electrons. The van der Waals surface area contributed by atoms with Gasteiger partial charge in [-0.2, -0.15) is 5.10 Å². The van der Waals surface area contributed by atoms with E-state index in [1.807, 2.05) is 23.0 Å². The molecule has 0 aliphatic rings. The summed E-state index contributed by atoms with van der Waals surface area (Å²) < 4.78 is 1.84. The molecule has 21 heavy (non-hydrogen) atoms. The Morgan fingerprint density at radius 1 is 1.05 bits per heavy atom. The molecule has 5 nitrogen and oxygen atoms in total. The van der Waals surface area contributed by atoms with E-state index >= 15 is 0 Å². The monoisotopic (exact) mass is 281 g/mol. The number of benzene rings is 1. The van der Waals surface area contributed by atoms with Crippen molar-refractivity contribution in [3.63, 3.8) is 0 Å². The lowest BCUT2D eigenvalue weighted by Crippen LogP contribution is -2.26. The van der Waals surface area contributed by atoms with Crippen molar-refractivity contribution >= 4 is 16.9 Å². The van der Waals surface area contributed by atoms with Crippen LogP contribution in [0.25, 0.3) is 16.7 Å². The predicted molar refractivity (Wildman–Crippen MR) is 84.8 cm³/mol. The smallest absolute Gasteiger partial charge is 0.168 e. The minimum absolute atomic E-state index is 0.0623. The Kier molecular flexibility index (Phi) is 3.12. The van der Waals surface area contributed by atoms with Crippen molar-refractivity contribution in [3.8, 4) is 5.69 Å². The summed E-state index contributed by atoms with van der Waals surface area (Å²) >= 11 is 0. The van der Waals surface area contributed by atoms with E-state index in [-0.39, 0.29) is 5.54 Å². The van der Waals surface area contributed by atoms with Crippen molar-refractivity contribution in [2.75, 3.05) is 5.32 Å². The van der Waals surface area contributed by atoms with E-state index in [1.54, 1.807) is 6.33 Å². The van der Waals surface area contributed by atoms with Crippen LogP contribution in [-0.2, 0) is 0 Å². The van der Waals surface area contributed by atoms with Gasteiger partial charge in [0.25, 0.3) is 0 Å². The van der Waals surface area contributed by atoms with E-state index in [9.17, 15) is 0 Å². The first-order valence-electron chi connectivity index (χ1n) is 6.98. The van der Waals surface area contributed by atoms with Gasteiger partial charge in [-0.3, -0.25) is 0 Å². The average Bonchev–Trinajstić information content (AvgIpc) is 2.83. The highest BCUT2D eigenvalue weighted by molar-refractivity contribution is 5.87. The minimum Gasteiger partial charge on any atom is -0.365 e. The largest absolute Gasteiger partial charge is 0.365 e. The molecule has 3 aromatic rings. The zero-order valence-corrected chi connectivity index (χ0v) is 12.8. The van der Waals surface area contributed by atoms with Crippen LogP contribution in [0.1, 0.15) is 26.3 Å². The zero-order chi connectivity index (χ0) is 15.0. The van der Waals surface area contributed by atoms with E-state index in [0.29, 0.717) is 0 Å². The number of nitrogens with one attached hydrogen (secondary N) is 1. The summed E-state index contributed by atoms with van der Waals surface area (Å²) in [5.74, 6) is 0.811. The molecule has 0 saturated carbocycles. The second kappa shape index (κ2) is 4.84. The fourth-order valence-electron chi connectivity index (χ4n) is 2.17. The number of aromatic nitrogens is 4. The van der Waals surface area contributed by atoms with Gasteiger partial charge in [0.05, 0.1) is 17.3 Å². The lowest BCUT2D eigenvalue weighted by Gasteiger charge is -2.21. The predicted octanol–water partition coefficient (Wildman–Crippen LogP) is 3.33. The van der Waals surface area contributed by atoms with Gasteiger partial charge in [-0.25, -0.2) is 14.6 Å². The lowest BCUT2D eigenvalue weighted by molar-refractivity contribution is 0.631. The first-order valence-corrected chi connectivity index (χ1v) is 6.98. The van der Waals surface area contributed by atoms with Gasteiger partial charge in [-0.05, 0) is 39.8 Å². The van der Waals surface area contributed by atoms with Gasteiger partial charge in [0.1, 0.15) is 12.1 Å². The molecule has 0 radical (unpaired) electrons. The molecule has 0 spiro atoms. The van der Waals surface area contributed by atoms with Crippen molar-refractivity contribution in [1.82, 2.24) is 19.7 Å². The molecule has 3 rings (SSSR count). The molecule has 1 N–H and O–H groups in total. The van der Waals surface area contributed by atoms with E-state index in [0.717, 1.165) is 22.5 Å². The fraction of sp³-hybridized carbons (Fsp3) is 0.312. The van der Waals surface area contributed by atoms with Gasteiger partial charge >= 0.3 is 0 Å². The minimum atomic E-state index is -0.0623. The normalized spacial score (nSPS) is 11.8. The molecule has 0 bridgehead atoms. The molecule has 0 saturated heterocycles. The first kappa shape index (κ1) is 13.5. The van der Waals surface area contributed by atoms with Crippen LogP contribution in [0.2, 0.25) is 0 Å². The highest BCUT2D eigenvalue weighted by Gasteiger charge is 2.15. The summed E-state index contributed by atoms with van der Waals surface area (Å²) in [7, 11) is 0. The second-order valence-corrected chi connectivity index (χ2v) is 6.23. The maximum Gasteiger partial charge on any atom is 0.168 e. The summed E-state index contributed by atoms with van der Waals surface area (Å²) in [6.07, 6.45) is 3.38. The van der Waals surface area contributed by atoms with Gasteiger partial charge < -0.3 is 5.32 Å². The standard InChI is InChI=1S/C16H19N5/c1-11-5-7-12(8-6-11)21-15-13(9-19-21)14(17-10-18-15)20-16(2,3)4/h5-10H,1-4H3,(H,17,18,20). The van der Waals surface area contributed by atoms with Crippen LogP contribution in [-0.4, -0.2) is 25.3 Å². The summed E-state index contributed by atoms with van der Waals surface area (Å²) in [6.45, 7) is 8.38. The van der Waals surface area contributed by atoms with Crippen LogP contribution in [0, 0.1) is 6.92 Å². The van der Waals surface area contributed by atoms with E-state index in [1.165, 1.54) is 5.56 Å². The van der Waals surface area contributed by atoms with Gasteiger partial charge in [-0.1, -0.05) is 17.7 Å². The maximum absolute atomic E-state index is 4.46. The summed E-state index contributed by atoms with van der Waals surface area (Å²) in [5.41, 5.74) is 2.96. The molecule has 2 heterocycles. The summed E-state index contributed by atoms with van der Waals surface area (Å²) in [5, 5.41) is 8.78. The van der Waals surface area contributed by atoms with Gasteiger partial charge in [0, 0.05) is 5.54 Å². The van der Waals surface area contributed by atoms with Crippen molar-refractivity contribution in [2.45, 2.75) is 33.2 Å². The molecule has 2 aromatic heterocycles. The van der Waals surface area contributed by atoms with Crippen molar-refractivity contribution < 1.29 is 0 Å². The lowest BCUT2D eigenvalue weighted by atomic mass is 10.1. The Labute approximate surface area is 124 Å². The second-order valence-electron chi connectivity index (χ2n) is 6.23. The molecule has 0 amide bonds. The van der Waals surface area contributed by atoms with Crippen LogP contribution in [0.3, 0.4) is 0 Å². The molecular weight excluding hydrogens is 262 g/mol. The number of fused-ring (bicyclic) bond motifs is 1. The number of hydrogen-bond acceptors (Lipinski definition) is 4. The Hall–Kier alpha value is -2.43. The third kappa shape index (κ3) is 2.72. The molecular formula is C16H19N5. The Morgan fingerprint density at radius 2 is 1.76 bits per heavy atom. The maximum atomic E-state index is 4.46. The molecule has 0 atom stereocenters. The van der Waals surface area contributed by atoms with Gasteiger partial charge in [-0.15, -0.1) is 0 Å². The summed E-state index contributed by atoms with van der Waals surface area (Å²) in [4.78, 5) is 8.72. The number of hydrogen-bond donors (Lipinski definition) is 1. The number of anilines is 1. The zero-order valence-electron chi connectivity index (χ0n) is 12.8. The summed E-state index contributed by atoms with van der Waals surface area (Å²) in [6, 6.07) is 8.22. The highest BCUT2D eigenvalue weighted by atomic mass is 15.3. The van der Waals surface area contributed by atoms with Crippen molar-refractivity contribution in [2.24, 2.45) is 0 Å². The van der Waals surface area contributed by atoms with Crippen LogP contribution >= 0.6 is 0 Å². The third-order valence-electron chi connectivity index (χ3n) is 3.14. The topological polar surface area (TPSA) is 55.6 Å². The molecule has 0 aliphatic carbocycles. The van der Waals surface area contributed by atoms with Gasteiger partial charge in [0.2, 0.25) is 0 Å². The molecule has 0 fully saturated rings. The van der Waals surface area contributed by atoms with Crippen LogP contribution < -0.4 is 5.32 Å². The Bertz CT molecular complexity index is 765. The van der Waals surface area contributed by atoms with E-state index < -0.39 is 0 Å². The van der Waals surface area contributed by atoms with Crippen LogP contribution in [0.15, 0.2) is 36.8 Å². The van der Waals surface area contributed by atoms with Gasteiger partial charge in [0.15, 0.2) is 5.65 Å². The Balaban J connectivity index is 2.11. The van der Waals surface area contributed by atoms with Crippen LogP contribution in [0.5, 0.6) is 0 Å². The number of aryl methyl sites for hydroxylation is 1. The first-order chi connectivity index (χ1) is 9.94. The Morgan fingerprint density at radius 3 is 2.43 bits per heavy atom. The number of rotatable bonds is 2. The number of nitrogens with zero attached hydrogens (tertiary/aromatic N) is 4. The quantitative estimate of drug-likeness (QED) is 0.782. The third-order valence-corrected chi connectivity index (χ3v) is 3.14. The SMILES string of the molecule is Cc1ccc(-n2ncc3c(NC(C)(C)C)ncnc32)cc1. The highest BCUT2D eigenvalue weighted by Crippen LogP contribution is 2.23. The molecule has 0 unspecified atom stereocenters. The fourth-order valence-corrected chi connectivity index (χ4v) is 2.17. The average molecular weight is 281 g/mol. The molecule has 0 aliphatic heterocycles.